The topological polar surface area (TPSA) is 82.0 Å². The van der Waals surface area contributed by atoms with Gasteiger partial charge in [-0.15, -0.1) is 10.2 Å². The maximum atomic E-state index is 10.6. The number of nitrogens with zero attached hydrogens (tertiary/aromatic N) is 2. The van der Waals surface area contributed by atoms with Crippen molar-refractivity contribution in [3.8, 4) is 0 Å². The van der Waals surface area contributed by atoms with Crippen molar-refractivity contribution < 1.29 is 9.21 Å². The van der Waals surface area contributed by atoms with Gasteiger partial charge in [-0.2, -0.15) is 0 Å². The van der Waals surface area contributed by atoms with E-state index in [1.165, 1.54) is 0 Å². The van der Waals surface area contributed by atoms with Crippen LogP contribution in [-0.4, -0.2) is 16.1 Å². The molecule has 1 atom stereocenters. The van der Waals surface area contributed by atoms with E-state index in [4.69, 9.17) is 10.2 Å². The van der Waals surface area contributed by atoms with Crippen LogP contribution in [0.15, 0.2) is 4.42 Å². The van der Waals surface area contributed by atoms with E-state index < -0.39 is 5.91 Å². The summed E-state index contributed by atoms with van der Waals surface area (Å²) < 4.78 is 5.36. The third-order valence-electron chi connectivity index (χ3n) is 2.48. The van der Waals surface area contributed by atoms with Crippen LogP contribution in [0.2, 0.25) is 0 Å². The maximum Gasteiger partial charge on any atom is 0.226 e. The van der Waals surface area contributed by atoms with Crippen LogP contribution in [-0.2, 0) is 11.2 Å². The standard InChI is InChI=1S/C10H17N3O2/c1-6(10(2,3)4)9-13-12-8(15-9)5-7(11)14/h6H,5H2,1-4H3,(H2,11,14). The number of hydrogen-bond acceptors (Lipinski definition) is 4. The summed E-state index contributed by atoms with van der Waals surface area (Å²) in [6.07, 6.45) is 0.00383. The first-order chi connectivity index (χ1) is 6.80. The zero-order valence-electron chi connectivity index (χ0n) is 9.57. The number of nitrogens with two attached hydrogens (primary N) is 1. The summed E-state index contributed by atoms with van der Waals surface area (Å²) in [5.41, 5.74) is 5.08. The van der Waals surface area contributed by atoms with Crippen molar-refractivity contribution in [3.05, 3.63) is 11.8 Å². The Morgan fingerprint density at radius 1 is 1.47 bits per heavy atom. The van der Waals surface area contributed by atoms with Crippen molar-refractivity contribution in [3.63, 3.8) is 0 Å². The maximum absolute atomic E-state index is 10.6. The van der Waals surface area contributed by atoms with Gasteiger partial charge in [0.1, 0.15) is 6.42 Å². The molecule has 0 aliphatic carbocycles. The minimum atomic E-state index is -0.464. The summed E-state index contributed by atoms with van der Waals surface area (Å²) in [4.78, 5) is 10.6. The molecule has 0 aromatic carbocycles. The highest BCUT2D eigenvalue weighted by molar-refractivity contribution is 5.75. The van der Waals surface area contributed by atoms with Crippen molar-refractivity contribution >= 4 is 5.91 Å². The van der Waals surface area contributed by atoms with E-state index in [0.717, 1.165) is 0 Å². The molecule has 0 spiro atoms. The van der Waals surface area contributed by atoms with E-state index in [0.29, 0.717) is 5.89 Å². The third kappa shape index (κ3) is 3.04. The molecule has 0 fully saturated rings. The highest BCUT2D eigenvalue weighted by Gasteiger charge is 2.26. The Kier molecular flexibility index (Phi) is 3.12. The molecule has 0 bridgehead atoms. The summed E-state index contributed by atoms with van der Waals surface area (Å²) in [5.74, 6) is 0.521. The van der Waals surface area contributed by atoms with Gasteiger partial charge in [0.2, 0.25) is 17.7 Å². The fourth-order valence-electron chi connectivity index (χ4n) is 1.03. The van der Waals surface area contributed by atoms with E-state index >= 15 is 0 Å². The summed E-state index contributed by atoms with van der Waals surface area (Å²) in [7, 11) is 0. The largest absolute Gasteiger partial charge is 0.424 e. The predicted molar refractivity (Wildman–Crippen MR) is 55.1 cm³/mol. The smallest absolute Gasteiger partial charge is 0.226 e. The van der Waals surface area contributed by atoms with E-state index in [1.807, 2.05) is 6.92 Å². The lowest BCUT2D eigenvalue weighted by molar-refractivity contribution is -0.117. The average molecular weight is 211 g/mol. The van der Waals surface area contributed by atoms with E-state index in [-0.39, 0.29) is 23.6 Å². The zero-order valence-corrected chi connectivity index (χ0v) is 9.57. The van der Waals surface area contributed by atoms with Crippen LogP contribution in [0, 0.1) is 5.41 Å². The number of hydrogen-bond donors (Lipinski definition) is 1. The lowest BCUT2D eigenvalue weighted by Gasteiger charge is -2.23. The Labute approximate surface area is 89.1 Å². The Morgan fingerprint density at radius 2 is 2.07 bits per heavy atom. The number of primary amides is 1. The molecule has 1 heterocycles. The number of carbonyl (C=O) groups is 1. The molecule has 0 aliphatic rings. The summed E-state index contributed by atoms with van der Waals surface area (Å²) in [6.45, 7) is 8.29. The Balaban J connectivity index is 2.80. The minimum Gasteiger partial charge on any atom is -0.424 e. The number of aromatic nitrogens is 2. The van der Waals surface area contributed by atoms with Crippen LogP contribution in [0.25, 0.3) is 0 Å². The molecular formula is C10H17N3O2. The van der Waals surface area contributed by atoms with Crippen molar-refractivity contribution in [1.29, 1.82) is 0 Å². The van der Waals surface area contributed by atoms with Gasteiger partial charge in [0.15, 0.2) is 0 Å². The first-order valence-corrected chi connectivity index (χ1v) is 4.91. The van der Waals surface area contributed by atoms with Crippen LogP contribution >= 0.6 is 0 Å². The predicted octanol–water partition coefficient (Wildman–Crippen LogP) is 1.25. The van der Waals surface area contributed by atoms with Gasteiger partial charge in [0.25, 0.3) is 0 Å². The van der Waals surface area contributed by atoms with Gasteiger partial charge in [0, 0.05) is 5.92 Å². The van der Waals surface area contributed by atoms with Gasteiger partial charge < -0.3 is 10.2 Å². The van der Waals surface area contributed by atoms with Crippen LogP contribution in [0.5, 0.6) is 0 Å². The molecule has 15 heavy (non-hydrogen) atoms. The van der Waals surface area contributed by atoms with Gasteiger partial charge in [0.05, 0.1) is 0 Å². The normalized spacial score (nSPS) is 13.9. The molecule has 5 nitrogen and oxygen atoms in total. The van der Waals surface area contributed by atoms with Gasteiger partial charge in [-0.1, -0.05) is 27.7 Å². The number of amides is 1. The Hall–Kier alpha value is -1.39. The molecule has 84 valence electrons. The molecule has 1 unspecified atom stereocenters. The molecule has 1 aromatic rings. The zero-order chi connectivity index (χ0) is 11.6. The lowest BCUT2D eigenvalue weighted by Crippen LogP contribution is -2.15. The molecule has 1 rings (SSSR count). The fourth-order valence-corrected chi connectivity index (χ4v) is 1.03. The molecule has 0 radical (unpaired) electrons. The van der Waals surface area contributed by atoms with Gasteiger partial charge in [-0.05, 0) is 5.41 Å². The van der Waals surface area contributed by atoms with Crippen molar-refractivity contribution in [2.45, 2.75) is 40.0 Å². The highest BCUT2D eigenvalue weighted by Crippen LogP contribution is 2.33. The molecule has 2 N–H and O–H groups in total. The van der Waals surface area contributed by atoms with Gasteiger partial charge >= 0.3 is 0 Å². The summed E-state index contributed by atoms with van der Waals surface area (Å²) in [5, 5.41) is 7.68. The third-order valence-corrected chi connectivity index (χ3v) is 2.48. The Bertz CT molecular complexity index is 352. The number of carbonyl (C=O) groups excluding carboxylic acids is 1. The molecule has 0 saturated carbocycles. The van der Waals surface area contributed by atoms with Gasteiger partial charge in [-0.25, -0.2) is 0 Å². The summed E-state index contributed by atoms with van der Waals surface area (Å²) in [6, 6.07) is 0. The van der Waals surface area contributed by atoms with Crippen LogP contribution < -0.4 is 5.73 Å². The molecule has 5 heteroatoms. The second kappa shape index (κ2) is 4.00. The van der Waals surface area contributed by atoms with Crippen molar-refractivity contribution in [1.82, 2.24) is 10.2 Å². The lowest BCUT2D eigenvalue weighted by atomic mass is 9.82. The molecule has 1 amide bonds. The highest BCUT2D eigenvalue weighted by atomic mass is 16.4. The monoisotopic (exact) mass is 211 g/mol. The minimum absolute atomic E-state index is 0.00383. The van der Waals surface area contributed by atoms with Gasteiger partial charge in [-0.3, -0.25) is 4.79 Å². The molecule has 0 saturated heterocycles. The van der Waals surface area contributed by atoms with Crippen molar-refractivity contribution in [2.75, 3.05) is 0 Å². The van der Waals surface area contributed by atoms with E-state index in [2.05, 4.69) is 31.0 Å². The first kappa shape index (κ1) is 11.7. The van der Waals surface area contributed by atoms with Crippen LogP contribution in [0.3, 0.4) is 0 Å². The van der Waals surface area contributed by atoms with E-state index in [9.17, 15) is 4.79 Å². The van der Waals surface area contributed by atoms with Crippen molar-refractivity contribution in [2.24, 2.45) is 11.1 Å². The molecule has 0 aliphatic heterocycles. The Morgan fingerprint density at radius 3 is 2.53 bits per heavy atom. The molecular weight excluding hydrogens is 194 g/mol. The van der Waals surface area contributed by atoms with Crippen LogP contribution in [0.4, 0.5) is 0 Å². The second-order valence-corrected chi connectivity index (χ2v) is 4.76. The first-order valence-electron chi connectivity index (χ1n) is 4.91. The van der Waals surface area contributed by atoms with E-state index in [1.54, 1.807) is 0 Å². The molecule has 1 aromatic heterocycles. The second-order valence-electron chi connectivity index (χ2n) is 4.76. The number of rotatable bonds is 3. The summed E-state index contributed by atoms with van der Waals surface area (Å²) >= 11 is 0. The SMILES string of the molecule is CC(c1nnc(CC(N)=O)o1)C(C)(C)C. The van der Waals surface area contributed by atoms with Crippen LogP contribution in [0.1, 0.15) is 45.4 Å². The average Bonchev–Trinajstić information content (AvgIpc) is 2.48. The fraction of sp³-hybridized carbons (Fsp3) is 0.700. The quantitative estimate of drug-likeness (QED) is 0.815.